The zero-order valence-corrected chi connectivity index (χ0v) is 21.5. The van der Waals surface area contributed by atoms with Gasteiger partial charge in [0.1, 0.15) is 28.4 Å². The summed E-state index contributed by atoms with van der Waals surface area (Å²) in [5.74, 6) is 1.06. The summed E-state index contributed by atoms with van der Waals surface area (Å²) in [6.45, 7) is 12.4. The third-order valence-electron chi connectivity index (χ3n) is 7.06. The van der Waals surface area contributed by atoms with Gasteiger partial charge >= 0.3 is 5.97 Å². The highest BCUT2D eigenvalue weighted by Crippen LogP contribution is 2.45. The van der Waals surface area contributed by atoms with Crippen LogP contribution in [0.3, 0.4) is 0 Å². The van der Waals surface area contributed by atoms with Gasteiger partial charge in [-0.25, -0.2) is 9.79 Å². The molecule has 0 spiro atoms. The van der Waals surface area contributed by atoms with Crippen molar-refractivity contribution in [3.05, 3.63) is 46.0 Å². The van der Waals surface area contributed by atoms with Crippen LogP contribution in [0.15, 0.2) is 23.2 Å². The third-order valence-corrected chi connectivity index (χ3v) is 7.06. The van der Waals surface area contributed by atoms with E-state index in [0.29, 0.717) is 23.8 Å². The Bertz CT molecular complexity index is 1140. The van der Waals surface area contributed by atoms with Crippen molar-refractivity contribution >= 4 is 17.6 Å². The first-order valence-corrected chi connectivity index (χ1v) is 12.1. The van der Waals surface area contributed by atoms with Crippen LogP contribution in [0.5, 0.6) is 17.2 Å². The van der Waals surface area contributed by atoms with Gasteiger partial charge < -0.3 is 30.8 Å². The summed E-state index contributed by atoms with van der Waals surface area (Å²) in [6, 6.07) is 4.93. The Morgan fingerprint density at radius 3 is 2.54 bits per heavy atom. The molecule has 0 fully saturated rings. The van der Waals surface area contributed by atoms with Crippen molar-refractivity contribution in [2.24, 2.45) is 22.4 Å². The molecular formula is C27H37N3O5. The molecule has 0 saturated heterocycles. The highest BCUT2D eigenvalue weighted by Gasteiger charge is 2.40. The summed E-state index contributed by atoms with van der Waals surface area (Å²) < 4.78 is 18.1. The zero-order valence-electron chi connectivity index (χ0n) is 21.5. The molecular weight excluding hydrogens is 446 g/mol. The van der Waals surface area contributed by atoms with Gasteiger partial charge in [-0.2, -0.15) is 0 Å². The fourth-order valence-corrected chi connectivity index (χ4v) is 4.70. The largest absolute Gasteiger partial charge is 0.507 e. The van der Waals surface area contributed by atoms with Crippen molar-refractivity contribution in [2.75, 3.05) is 13.2 Å². The van der Waals surface area contributed by atoms with Crippen LogP contribution < -0.4 is 20.9 Å². The Balaban J connectivity index is 1.87. The molecule has 0 amide bonds. The number of fused-ring (bicyclic) bond motifs is 1. The van der Waals surface area contributed by atoms with E-state index in [4.69, 9.17) is 25.7 Å². The smallest absolute Gasteiger partial charge is 0.341 e. The van der Waals surface area contributed by atoms with Gasteiger partial charge in [0.25, 0.3) is 0 Å². The molecule has 8 heteroatoms. The second kappa shape index (κ2) is 10.5. The molecule has 35 heavy (non-hydrogen) atoms. The lowest BCUT2D eigenvalue weighted by Gasteiger charge is -2.42. The molecule has 2 unspecified atom stereocenters. The second-order valence-corrected chi connectivity index (χ2v) is 9.30. The normalized spacial score (nSPS) is 17.7. The van der Waals surface area contributed by atoms with Crippen LogP contribution in [0.25, 0.3) is 0 Å². The summed E-state index contributed by atoms with van der Waals surface area (Å²) in [4.78, 5) is 16.6. The predicted octanol–water partition coefficient (Wildman–Crippen LogP) is 4.59. The highest BCUT2D eigenvalue weighted by atomic mass is 16.5. The Kier molecular flexibility index (Phi) is 7.83. The Hall–Kier alpha value is -3.42. The lowest BCUT2D eigenvalue weighted by Crippen LogP contribution is -2.46. The first-order chi connectivity index (χ1) is 16.5. The second-order valence-electron chi connectivity index (χ2n) is 9.30. The number of carbonyl (C=O) groups excluding carboxylic acids is 1. The van der Waals surface area contributed by atoms with Crippen LogP contribution in [0.1, 0.15) is 66.2 Å². The summed E-state index contributed by atoms with van der Waals surface area (Å²) in [5, 5.41) is 10.5. The molecule has 2 aromatic rings. The van der Waals surface area contributed by atoms with Crippen molar-refractivity contribution in [2.45, 2.75) is 66.4 Å². The van der Waals surface area contributed by atoms with Gasteiger partial charge in [0.05, 0.1) is 18.9 Å². The van der Waals surface area contributed by atoms with Gasteiger partial charge in [0.2, 0.25) is 0 Å². The lowest BCUT2D eigenvalue weighted by molar-refractivity contribution is -0.0156. The molecule has 1 aliphatic heterocycles. The van der Waals surface area contributed by atoms with E-state index in [1.165, 1.54) is 0 Å². The van der Waals surface area contributed by atoms with Gasteiger partial charge in [-0.15, -0.1) is 0 Å². The fraction of sp³-hybridized carbons (Fsp3) is 0.481. The molecule has 1 aliphatic rings. The van der Waals surface area contributed by atoms with Crippen LogP contribution in [0.2, 0.25) is 0 Å². The van der Waals surface area contributed by atoms with E-state index >= 15 is 0 Å². The quantitative estimate of drug-likeness (QED) is 0.284. The van der Waals surface area contributed by atoms with E-state index in [9.17, 15) is 9.90 Å². The number of hydrogen-bond donors (Lipinski definition) is 3. The number of aromatic hydroxyl groups is 1. The van der Waals surface area contributed by atoms with Crippen LogP contribution >= 0.6 is 0 Å². The van der Waals surface area contributed by atoms with E-state index in [2.05, 4.69) is 18.8 Å². The Morgan fingerprint density at radius 2 is 1.91 bits per heavy atom. The Labute approximate surface area is 207 Å². The van der Waals surface area contributed by atoms with Crippen LogP contribution in [-0.4, -0.2) is 35.9 Å². The Morgan fingerprint density at radius 1 is 1.20 bits per heavy atom. The average Bonchev–Trinajstić information content (AvgIpc) is 2.82. The summed E-state index contributed by atoms with van der Waals surface area (Å²) in [5.41, 5.74) is 15.0. The fourth-order valence-electron chi connectivity index (χ4n) is 4.70. The lowest BCUT2D eigenvalue weighted by atomic mass is 9.79. The number of rotatable bonds is 8. The van der Waals surface area contributed by atoms with Crippen molar-refractivity contribution < 1.29 is 24.1 Å². The molecule has 0 radical (unpaired) electrons. The molecule has 2 aromatic carbocycles. The van der Waals surface area contributed by atoms with Gasteiger partial charge in [0, 0.05) is 11.5 Å². The van der Waals surface area contributed by atoms with Crippen molar-refractivity contribution in [3.63, 3.8) is 0 Å². The number of benzene rings is 2. The first kappa shape index (κ1) is 26.2. The van der Waals surface area contributed by atoms with E-state index < -0.39 is 11.6 Å². The number of ether oxygens (including phenoxy) is 3. The summed E-state index contributed by atoms with van der Waals surface area (Å²) in [7, 11) is 0. The molecule has 8 nitrogen and oxygen atoms in total. The number of phenolic OH excluding ortho intramolecular Hbond substituents is 1. The topological polar surface area (TPSA) is 129 Å². The molecule has 5 N–H and O–H groups in total. The molecule has 190 valence electrons. The van der Waals surface area contributed by atoms with E-state index in [0.717, 1.165) is 47.3 Å². The predicted molar refractivity (Wildman–Crippen MR) is 137 cm³/mol. The monoisotopic (exact) mass is 483 g/mol. The van der Waals surface area contributed by atoms with Crippen molar-refractivity contribution in [1.82, 2.24) is 0 Å². The van der Waals surface area contributed by atoms with Crippen LogP contribution in [0, 0.1) is 26.7 Å². The standard InChI is InChI=1S/C27H37N3O5/c1-7-18(27(6)12-11-20-17(5)23(31)15(3)16(4)24(20)35-27)14-34-22-10-9-19(30-26(28)29)13-21(22)25(32)33-8-2/h9-10,13,18,31H,7-8,11-12,14H2,1-6H3,(H4,28,29,30). The average molecular weight is 484 g/mol. The molecule has 0 aromatic heterocycles. The van der Waals surface area contributed by atoms with E-state index in [-0.39, 0.29) is 24.0 Å². The molecule has 0 aliphatic carbocycles. The van der Waals surface area contributed by atoms with Crippen molar-refractivity contribution in [1.29, 1.82) is 0 Å². The number of aliphatic imine (C=N–C) groups is 1. The maximum Gasteiger partial charge on any atom is 0.341 e. The molecule has 0 saturated carbocycles. The van der Waals surface area contributed by atoms with Gasteiger partial charge in [-0.3, -0.25) is 0 Å². The molecule has 3 rings (SSSR count). The van der Waals surface area contributed by atoms with Gasteiger partial charge in [-0.05, 0) is 88.8 Å². The number of carbonyl (C=O) groups is 1. The summed E-state index contributed by atoms with van der Waals surface area (Å²) in [6.07, 6.45) is 2.42. The minimum atomic E-state index is -0.501. The van der Waals surface area contributed by atoms with Crippen LogP contribution in [0.4, 0.5) is 5.69 Å². The SMILES string of the molecule is CCOC(=O)c1cc(N=C(N)N)ccc1OCC(CC)C1(C)CCc2c(C)c(O)c(C)c(C)c2O1. The summed E-state index contributed by atoms with van der Waals surface area (Å²) >= 11 is 0. The molecule has 2 atom stereocenters. The van der Waals surface area contributed by atoms with Gasteiger partial charge in [0.15, 0.2) is 5.96 Å². The molecule has 0 bridgehead atoms. The number of hydrogen-bond acceptors (Lipinski definition) is 6. The highest BCUT2D eigenvalue weighted by molar-refractivity contribution is 5.94. The minimum absolute atomic E-state index is 0.0527. The van der Waals surface area contributed by atoms with Crippen molar-refractivity contribution in [3.8, 4) is 17.2 Å². The number of nitrogens with two attached hydrogens (primary N) is 2. The number of phenols is 1. The first-order valence-electron chi connectivity index (χ1n) is 12.1. The van der Waals surface area contributed by atoms with Gasteiger partial charge in [-0.1, -0.05) is 6.92 Å². The third kappa shape index (κ3) is 5.31. The minimum Gasteiger partial charge on any atom is -0.507 e. The van der Waals surface area contributed by atoms with E-state index in [1.807, 2.05) is 20.8 Å². The van der Waals surface area contributed by atoms with Crippen LogP contribution in [-0.2, 0) is 11.2 Å². The maximum absolute atomic E-state index is 12.6. The molecule has 1 heterocycles. The zero-order chi connectivity index (χ0) is 25.9. The number of guanidine groups is 1. The number of esters is 1. The number of nitrogens with zero attached hydrogens (tertiary/aromatic N) is 1. The maximum atomic E-state index is 12.6. The van der Waals surface area contributed by atoms with E-state index in [1.54, 1.807) is 25.1 Å².